The predicted octanol–water partition coefficient (Wildman–Crippen LogP) is 3.52. The largest absolute Gasteiger partial charge is 0.337 e. The van der Waals surface area contributed by atoms with E-state index in [4.69, 9.17) is 0 Å². The second kappa shape index (κ2) is 8.90. The van der Waals surface area contributed by atoms with Crippen molar-refractivity contribution >= 4 is 28.6 Å². The van der Waals surface area contributed by atoms with E-state index >= 15 is 0 Å². The number of para-hydroxylation sites is 1. The van der Waals surface area contributed by atoms with Crippen LogP contribution in [0.2, 0.25) is 0 Å². The lowest BCUT2D eigenvalue weighted by molar-refractivity contribution is -0.120. The van der Waals surface area contributed by atoms with Crippen molar-refractivity contribution in [1.29, 1.82) is 5.26 Å². The summed E-state index contributed by atoms with van der Waals surface area (Å²) in [7, 11) is 0. The lowest BCUT2D eigenvalue weighted by atomic mass is 9.83. The quantitative estimate of drug-likeness (QED) is 0.488. The molecule has 0 spiro atoms. The lowest BCUT2D eigenvalue weighted by Gasteiger charge is -2.31. The van der Waals surface area contributed by atoms with Crippen LogP contribution in [0.5, 0.6) is 0 Å². The minimum Gasteiger partial charge on any atom is -0.337 e. The van der Waals surface area contributed by atoms with Crippen LogP contribution in [0.25, 0.3) is 16.7 Å². The Bertz CT molecular complexity index is 1210. The fraction of sp³-hybridized carbons (Fsp3) is 0.348. The molecule has 0 atom stereocenters. The Morgan fingerprint density at radius 1 is 1.23 bits per heavy atom. The van der Waals surface area contributed by atoms with Crippen molar-refractivity contribution in [2.24, 2.45) is 0 Å². The van der Waals surface area contributed by atoms with Gasteiger partial charge in [-0.25, -0.2) is 14.5 Å². The summed E-state index contributed by atoms with van der Waals surface area (Å²) in [4.78, 5) is 34.9. The fourth-order valence-electron chi connectivity index (χ4n) is 3.86. The molecule has 4 rings (SSSR count). The van der Waals surface area contributed by atoms with Gasteiger partial charge in [-0.1, -0.05) is 49.2 Å². The van der Waals surface area contributed by atoms with Gasteiger partial charge in [-0.3, -0.25) is 9.59 Å². The Morgan fingerprint density at radius 2 is 2.00 bits per heavy atom. The van der Waals surface area contributed by atoms with Crippen LogP contribution in [0.3, 0.4) is 0 Å². The maximum atomic E-state index is 13.2. The predicted molar refractivity (Wildman–Crippen MR) is 120 cm³/mol. The van der Waals surface area contributed by atoms with E-state index in [1.54, 1.807) is 30.5 Å². The average Bonchev–Trinajstić information content (AvgIpc) is 2.79. The molecule has 1 aliphatic carbocycles. The molecule has 2 aromatic heterocycles. The highest BCUT2D eigenvalue weighted by Crippen LogP contribution is 2.28. The fourth-order valence-corrected chi connectivity index (χ4v) is 4.66. The molecular formula is C23H23N5O2S. The van der Waals surface area contributed by atoms with Crippen molar-refractivity contribution < 1.29 is 4.79 Å². The molecule has 0 unspecified atom stereocenters. The Kier molecular flexibility index (Phi) is 6.05. The molecule has 1 aliphatic rings. The molecule has 158 valence electrons. The van der Waals surface area contributed by atoms with Gasteiger partial charge in [-0.05, 0) is 43.5 Å². The zero-order chi connectivity index (χ0) is 21.8. The van der Waals surface area contributed by atoms with Crippen molar-refractivity contribution in [3.63, 3.8) is 0 Å². The number of benzene rings is 1. The van der Waals surface area contributed by atoms with Crippen LogP contribution in [-0.4, -0.2) is 31.7 Å². The third-order valence-electron chi connectivity index (χ3n) is 5.50. The number of thioether (sulfide) groups is 1. The number of nitriles is 1. The van der Waals surface area contributed by atoms with Crippen LogP contribution >= 0.6 is 11.8 Å². The summed E-state index contributed by atoms with van der Waals surface area (Å²) in [5.74, 6) is 0.275. The van der Waals surface area contributed by atoms with Gasteiger partial charge in [0.1, 0.15) is 11.4 Å². The molecule has 0 saturated heterocycles. The number of nitrogens with zero attached hydrogens (tertiary/aromatic N) is 4. The lowest BCUT2D eigenvalue weighted by Crippen LogP contribution is -2.49. The molecule has 0 bridgehead atoms. The molecule has 3 aromatic rings. The van der Waals surface area contributed by atoms with E-state index in [1.165, 1.54) is 16.3 Å². The zero-order valence-corrected chi connectivity index (χ0v) is 18.1. The molecule has 1 amide bonds. The zero-order valence-electron chi connectivity index (χ0n) is 17.3. The Morgan fingerprint density at radius 3 is 2.71 bits per heavy atom. The second-order valence-electron chi connectivity index (χ2n) is 7.84. The first kappa shape index (κ1) is 21.1. The first-order valence-corrected chi connectivity index (χ1v) is 11.3. The van der Waals surface area contributed by atoms with E-state index in [2.05, 4.69) is 21.4 Å². The van der Waals surface area contributed by atoms with Gasteiger partial charge in [0.25, 0.3) is 5.56 Å². The van der Waals surface area contributed by atoms with Crippen LogP contribution < -0.4 is 10.9 Å². The normalized spacial score (nSPS) is 15.4. The van der Waals surface area contributed by atoms with E-state index in [0.29, 0.717) is 34.7 Å². The third kappa shape index (κ3) is 4.47. The number of amides is 1. The monoisotopic (exact) mass is 433 g/mol. The maximum absolute atomic E-state index is 13.2. The Hall–Kier alpha value is -3.18. The number of pyridine rings is 1. The molecule has 0 radical (unpaired) electrons. The minimum atomic E-state index is -0.787. The molecule has 1 fully saturated rings. The van der Waals surface area contributed by atoms with Gasteiger partial charge in [-0.15, -0.1) is 0 Å². The molecule has 1 saturated carbocycles. The smallest absolute Gasteiger partial charge is 0.267 e. The van der Waals surface area contributed by atoms with Crippen LogP contribution in [0.4, 0.5) is 0 Å². The molecule has 1 aromatic carbocycles. The van der Waals surface area contributed by atoms with Gasteiger partial charge in [0.05, 0.1) is 22.7 Å². The molecule has 8 heteroatoms. The van der Waals surface area contributed by atoms with Crippen molar-refractivity contribution in [3.8, 4) is 11.9 Å². The Labute approximate surface area is 184 Å². The molecule has 7 nitrogen and oxygen atoms in total. The number of carbonyl (C=O) groups excluding carboxylic acids is 1. The highest BCUT2D eigenvalue weighted by molar-refractivity contribution is 7.99. The summed E-state index contributed by atoms with van der Waals surface area (Å²) in [6.45, 7) is 1.93. The molecule has 2 heterocycles. The van der Waals surface area contributed by atoms with Crippen molar-refractivity contribution in [1.82, 2.24) is 19.9 Å². The minimum absolute atomic E-state index is 0.0556. The number of hydrogen-bond acceptors (Lipinski definition) is 6. The van der Waals surface area contributed by atoms with Crippen LogP contribution in [0.15, 0.2) is 52.5 Å². The van der Waals surface area contributed by atoms with Gasteiger partial charge in [0.15, 0.2) is 5.16 Å². The SMILES string of the molecule is Cc1ccc(-n2c(SCC(=O)NC3(C#N)CCCCC3)nc3ccccc3c2=O)nc1. The summed E-state index contributed by atoms with van der Waals surface area (Å²) in [6, 6.07) is 13.1. The molecular weight excluding hydrogens is 410 g/mol. The molecule has 1 N–H and O–H groups in total. The number of rotatable bonds is 5. The maximum Gasteiger partial charge on any atom is 0.267 e. The summed E-state index contributed by atoms with van der Waals surface area (Å²) in [5.41, 5.74) is 0.531. The number of fused-ring (bicyclic) bond motifs is 1. The highest BCUT2D eigenvalue weighted by atomic mass is 32.2. The van der Waals surface area contributed by atoms with Gasteiger partial charge in [-0.2, -0.15) is 5.26 Å². The third-order valence-corrected chi connectivity index (χ3v) is 6.44. The first-order valence-electron chi connectivity index (χ1n) is 10.3. The first-order chi connectivity index (χ1) is 15.0. The van der Waals surface area contributed by atoms with Crippen molar-refractivity contribution in [2.45, 2.75) is 49.7 Å². The van der Waals surface area contributed by atoms with Crippen molar-refractivity contribution in [3.05, 3.63) is 58.5 Å². The van der Waals surface area contributed by atoms with E-state index in [0.717, 1.165) is 24.8 Å². The number of nitrogens with one attached hydrogen (secondary N) is 1. The molecule has 31 heavy (non-hydrogen) atoms. The number of carbonyl (C=O) groups is 1. The van der Waals surface area contributed by atoms with Gasteiger partial charge >= 0.3 is 0 Å². The van der Waals surface area contributed by atoms with E-state index in [9.17, 15) is 14.9 Å². The van der Waals surface area contributed by atoms with E-state index < -0.39 is 5.54 Å². The van der Waals surface area contributed by atoms with Crippen molar-refractivity contribution in [2.75, 3.05) is 5.75 Å². The topological polar surface area (TPSA) is 101 Å². The summed E-state index contributed by atoms with van der Waals surface area (Å²) < 4.78 is 1.44. The number of aromatic nitrogens is 3. The number of aryl methyl sites for hydroxylation is 1. The summed E-state index contributed by atoms with van der Waals surface area (Å²) in [6.07, 6.45) is 6.00. The second-order valence-corrected chi connectivity index (χ2v) is 8.78. The molecule has 0 aliphatic heterocycles. The Balaban J connectivity index is 1.64. The highest BCUT2D eigenvalue weighted by Gasteiger charge is 2.33. The van der Waals surface area contributed by atoms with Crippen LogP contribution in [0, 0.1) is 18.3 Å². The van der Waals surface area contributed by atoms with Crippen LogP contribution in [-0.2, 0) is 4.79 Å². The average molecular weight is 434 g/mol. The van der Waals surface area contributed by atoms with Gasteiger partial charge in [0, 0.05) is 6.20 Å². The van der Waals surface area contributed by atoms with Gasteiger partial charge < -0.3 is 5.32 Å². The van der Waals surface area contributed by atoms with E-state index in [1.807, 2.05) is 19.1 Å². The summed E-state index contributed by atoms with van der Waals surface area (Å²) >= 11 is 1.17. The standard InChI is InChI=1S/C23H23N5O2S/c1-16-9-10-19(25-13-16)28-21(30)17-7-3-4-8-18(17)26-22(28)31-14-20(29)27-23(15-24)11-5-2-6-12-23/h3-4,7-10,13H,2,5-6,11-12,14H2,1H3,(H,27,29). The summed E-state index contributed by atoms with van der Waals surface area (Å²) in [5, 5.41) is 13.4. The van der Waals surface area contributed by atoms with E-state index in [-0.39, 0.29) is 17.2 Å². The van der Waals surface area contributed by atoms with Crippen LogP contribution in [0.1, 0.15) is 37.7 Å². The number of hydrogen-bond donors (Lipinski definition) is 1. The van der Waals surface area contributed by atoms with Gasteiger partial charge in [0.2, 0.25) is 5.91 Å².